The number of halogens is 2. The van der Waals surface area contributed by atoms with Crippen molar-refractivity contribution in [3.05, 3.63) is 28.2 Å². The molecule has 148 valence electrons. The van der Waals surface area contributed by atoms with Gasteiger partial charge in [0.15, 0.2) is 12.6 Å². The number of nitrogens with one attached hydrogen (secondary N) is 3. The molecule has 6 nitrogen and oxygen atoms in total. The lowest BCUT2D eigenvalue weighted by Crippen LogP contribution is -3.30. The number of anilines is 1. The van der Waals surface area contributed by atoms with Crippen LogP contribution < -0.4 is 15.1 Å². The van der Waals surface area contributed by atoms with Gasteiger partial charge in [0.1, 0.15) is 26.2 Å². The normalized spacial score (nSPS) is 23.9. The van der Waals surface area contributed by atoms with E-state index in [2.05, 4.69) is 5.32 Å². The SMILES string of the molecule is C[C@@H](C(=O)Nc1cc(Cl)cc(Cl)c1)[NH+]1CC[NH+](CC(=O)N2CCCC2)CC1. The van der Waals surface area contributed by atoms with Crippen LogP contribution in [0.2, 0.25) is 10.0 Å². The van der Waals surface area contributed by atoms with Crippen molar-refractivity contribution >= 4 is 40.7 Å². The van der Waals surface area contributed by atoms with Crippen LogP contribution in [0.15, 0.2) is 18.2 Å². The van der Waals surface area contributed by atoms with Gasteiger partial charge in [-0.15, -0.1) is 0 Å². The average molecular weight is 415 g/mol. The zero-order valence-electron chi connectivity index (χ0n) is 15.7. The Morgan fingerprint density at radius 1 is 1.07 bits per heavy atom. The maximum Gasteiger partial charge on any atom is 0.282 e. The molecule has 27 heavy (non-hydrogen) atoms. The summed E-state index contributed by atoms with van der Waals surface area (Å²) in [5.41, 5.74) is 0.615. The van der Waals surface area contributed by atoms with E-state index >= 15 is 0 Å². The van der Waals surface area contributed by atoms with Crippen LogP contribution in [0.4, 0.5) is 5.69 Å². The van der Waals surface area contributed by atoms with Gasteiger partial charge in [-0.05, 0) is 38.0 Å². The van der Waals surface area contributed by atoms with Gasteiger partial charge in [-0.3, -0.25) is 9.59 Å². The zero-order chi connectivity index (χ0) is 19.4. The average Bonchev–Trinajstić information content (AvgIpc) is 3.15. The molecule has 2 aliphatic rings. The fourth-order valence-corrected chi connectivity index (χ4v) is 4.41. The first-order valence-electron chi connectivity index (χ1n) is 9.65. The summed E-state index contributed by atoms with van der Waals surface area (Å²) in [4.78, 5) is 29.4. The number of hydrogen-bond acceptors (Lipinski definition) is 2. The van der Waals surface area contributed by atoms with Crippen molar-refractivity contribution in [1.29, 1.82) is 0 Å². The molecule has 0 aliphatic carbocycles. The van der Waals surface area contributed by atoms with Gasteiger partial charge in [0, 0.05) is 28.8 Å². The van der Waals surface area contributed by atoms with Gasteiger partial charge in [0.05, 0.1) is 0 Å². The highest BCUT2D eigenvalue weighted by atomic mass is 35.5. The molecule has 3 N–H and O–H groups in total. The Kier molecular flexibility index (Phi) is 6.98. The van der Waals surface area contributed by atoms with Crippen molar-refractivity contribution < 1.29 is 19.4 Å². The Morgan fingerprint density at radius 2 is 1.67 bits per heavy atom. The Balaban J connectivity index is 1.46. The van der Waals surface area contributed by atoms with Crippen molar-refractivity contribution in [2.24, 2.45) is 0 Å². The summed E-state index contributed by atoms with van der Waals surface area (Å²) in [6.07, 6.45) is 2.26. The van der Waals surface area contributed by atoms with Gasteiger partial charge in [0.2, 0.25) is 0 Å². The smallest absolute Gasteiger partial charge is 0.282 e. The molecule has 2 heterocycles. The lowest BCUT2D eigenvalue weighted by Gasteiger charge is -2.32. The van der Waals surface area contributed by atoms with Gasteiger partial charge in [-0.2, -0.15) is 0 Å². The Labute approximate surface area is 170 Å². The van der Waals surface area contributed by atoms with Gasteiger partial charge in [-0.25, -0.2) is 0 Å². The predicted octanol–water partition coefficient (Wildman–Crippen LogP) is -0.274. The summed E-state index contributed by atoms with van der Waals surface area (Å²) in [5, 5.41) is 3.90. The third-order valence-electron chi connectivity index (χ3n) is 5.60. The molecule has 8 heteroatoms. The van der Waals surface area contributed by atoms with Gasteiger partial charge in [0.25, 0.3) is 11.8 Å². The molecule has 0 saturated carbocycles. The molecular weight excluding hydrogens is 387 g/mol. The van der Waals surface area contributed by atoms with Crippen LogP contribution in [0.5, 0.6) is 0 Å². The van der Waals surface area contributed by atoms with Gasteiger partial charge < -0.3 is 20.0 Å². The monoisotopic (exact) mass is 414 g/mol. The van der Waals surface area contributed by atoms with E-state index in [-0.39, 0.29) is 17.9 Å². The number of piperazine rings is 1. The van der Waals surface area contributed by atoms with Crippen molar-refractivity contribution in [3.63, 3.8) is 0 Å². The molecule has 0 bridgehead atoms. The molecule has 0 unspecified atom stereocenters. The minimum absolute atomic E-state index is 0.0417. The van der Waals surface area contributed by atoms with Crippen LogP contribution in [0.1, 0.15) is 19.8 Å². The quantitative estimate of drug-likeness (QED) is 0.620. The summed E-state index contributed by atoms with van der Waals surface area (Å²) < 4.78 is 0. The van der Waals surface area contributed by atoms with Crippen molar-refractivity contribution in [3.8, 4) is 0 Å². The van der Waals surface area contributed by atoms with E-state index in [0.717, 1.165) is 52.1 Å². The lowest BCUT2D eigenvalue weighted by atomic mass is 10.2. The van der Waals surface area contributed by atoms with Crippen molar-refractivity contribution in [2.75, 3.05) is 51.1 Å². The van der Waals surface area contributed by atoms with Crippen LogP contribution in [0.25, 0.3) is 0 Å². The lowest BCUT2D eigenvalue weighted by molar-refractivity contribution is -1.01. The summed E-state index contributed by atoms with van der Waals surface area (Å²) in [6, 6.07) is 4.86. The second kappa shape index (κ2) is 9.24. The standard InChI is InChI=1S/C19H26Cl2N4O2/c1-14(19(27)22-17-11-15(20)10-16(21)12-17)24-8-6-23(7-9-24)13-18(26)25-4-2-3-5-25/h10-12,14H,2-9,13H2,1H3,(H,22,27)/p+2/t14-/m0/s1. The minimum Gasteiger partial charge on any atom is -0.338 e. The summed E-state index contributed by atoms with van der Waals surface area (Å²) in [5.74, 6) is 0.231. The largest absolute Gasteiger partial charge is 0.338 e. The third kappa shape index (κ3) is 5.57. The molecule has 0 spiro atoms. The van der Waals surface area contributed by atoms with Crippen LogP contribution in [0, 0.1) is 0 Å². The highest BCUT2D eigenvalue weighted by molar-refractivity contribution is 6.35. The number of likely N-dealkylation sites (tertiary alicyclic amines) is 1. The first kappa shape index (κ1) is 20.4. The van der Waals surface area contributed by atoms with Gasteiger partial charge in [-0.1, -0.05) is 23.2 Å². The summed E-state index contributed by atoms with van der Waals surface area (Å²) in [7, 11) is 0. The summed E-state index contributed by atoms with van der Waals surface area (Å²) >= 11 is 12.0. The van der Waals surface area contributed by atoms with E-state index in [1.807, 2.05) is 11.8 Å². The predicted molar refractivity (Wildman–Crippen MR) is 107 cm³/mol. The molecule has 2 aliphatic heterocycles. The number of carbonyl (C=O) groups excluding carboxylic acids is 2. The molecule has 1 aromatic carbocycles. The van der Waals surface area contributed by atoms with Crippen molar-refractivity contribution in [1.82, 2.24) is 4.90 Å². The molecule has 0 radical (unpaired) electrons. The molecule has 1 aromatic rings. The Morgan fingerprint density at radius 3 is 2.26 bits per heavy atom. The first-order chi connectivity index (χ1) is 12.9. The maximum atomic E-state index is 12.6. The fraction of sp³-hybridized carbons (Fsp3) is 0.579. The van der Waals surface area contributed by atoms with Crippen LogP contribution in [-0.4, -0.2) is 68.6 Å². The highest BCUT2D eigenvalue weighted by Crippen LogP contribution is 2.22. The number of rotatable bonds is 5. The van der Waals surface area contributed by atoms with Crippen LogP contribution >= 0.6 is 23.2 Å². The van der Waals surface area contributed by atoms with E-state index in [9.17, 15) is 9.59 Å². The third-order valence-corrected chi connectivity index (χ3v) is 6.03. The molecule has 2 saturated heterocycles. The molecule has 3 rings (SSSR count). The number of quaternary nitrogens is 2. The summed E-state index contributed by atoms with van der Waals surface area (Å²) in [6.45, 7) is 7.93. The second-order valence-electron chi connectivity index (χ2n) is 7.54. The molecular formula is C19H28Cl2N4O2+2. The number of hydrogen-bond donors (Lipinski definition) is 3. The molecule has 0 aromatic heterocycles. The van der Waals surface area contributed by atoms with E-state index < -0.39 is 0 Å². The molecule has 2 fully saturated rings. The topological polar surface area (TPSA) is 58.3 Å². The number of nitrogens with zero attached hydrogens (tertiary/aromatic N) is 1. The van der Waals surface area contributed by atoms with E-state index in [1.54, 1.807) is 18.2 Å². The maximum absolute atomic E-state index is 12.6. The molecule has 2 amide bonds. The van der Waals surface area contributed by atoms with E-state index in [0.29, 0.717) is 22.3 Å². The van der Waals surface area contributed by atoms with E-state index in [4.69, 9.17) is 23.2 Å². The second-order valence-corrected chi connectivity index (χ2v) is 8.41. The molecule has 1 atom stereocenters. The van der Waals surface area contributed by atoms with Crippen LogP contribution in [0.3, 0.4) is 0 Å². The van der Waals surface area contributed by atoms with E-state index in [1.165, 1.54) is 9.80 Å². The Hall–Kier alpha value is -1.34. The number of carbonyl (C=O) groups is 2. The first-order valence-corrected chi connectivity index (χ1v) is 10.4. The number of amides is 2. The zero-order valence-corrected chi connectivity index (χ0v) is 17.2. The fourth-order valence-electron chi connectivity index (χ4n) is 3.89. The Bertz CT molecular complexity index is 666. The van der Waals surface area contributed by atoms with Crippen LogP contribution in [-0.2, 0) is 9.59 Å². The minimum atomic E-state index is -0.168. The number of benzene rings is 1. The van der Waals surface area contributed by atoms with Gasteiger partial charge >= 0.3 is 0 Å². The highest BCUT2D eigenvalue weighted by Gasteiger charge is 2.32. The van der Waals surface area contributed by atoms with Crippen molar-refractivity contribution in [2.45, 2.75) is 25.8 Å².